The lowest BCUT2D eigenvalue weighted by molar-refractivity contribution is 0.102. The lowest BCUT2D eigenvalue weighted by Crippen LogP contribution is -2.12. The molecular formula is C16H19N3O. The van der Waals surface area contributed by atoms with E-state index >= 15 is 0 Å². The summed E-state index contributed by atoms with van der Waals surface area (Å²) in [5, 5.41) is 6.14. The normalized spacial score (nSPS) is 10.1. The Kier molecular flexibility index (Phi) is 4.71. The van der Waals surface area contributed by atoms with E-state index in [0.29, 0.717) is 5.56 Å². The minimum Gasteiger partial charge on any atom is -0.385 e. The summed E-state index contributed by atoms with van der Waals surface area (Å²) in [5.41, 5.74) is 3.31. The van der Waals surface area contributed by atoms with E-state index in [4.69, 9.17) is 0 Å². The van der Waals surface area contributed by atoms with Crippen molar-refractivity contribution in [3.63, 3.8) is 0 Å². The summed E-state index contributed by atoms with van der Waals surface area (Å²) in [4.78, 5) is 16.2. The van der Waals surface area contributed by atoms with Gasteiger partial charge in [0, 0.05) is 35.4 Å². The number of aryl methyl sites for hydroxylation is 1. The van der Waals surface area contributed by atoms with E-state index in [2.05, 4.69) is 22.5 Å². The molecule has 2 aromatic rings. The first kappa shape index (κ1) is 14.1. The number of hydrogen-bond acceptors (Lipinski definition) is 3. The lowest BCUT2D eigenvalue weighted by atomic mass is 10.2. The average Bonchev–Trinajstić information content (AvgIpc) is 2.45. The minimum absolute atomic E-state index is 0.113. The van der Waals surface area contributed by atoms with Crippen LogP contribution in [0.15, 0.2) is 42.6 Å². The second-order valence-electron chi connectivity index (χ2n) is 4.64. The van der Waals surface area contributed by atoms with Gasteiger partial charge in [0.1, 0.15) is 0 Å². The lowest BCUT2D eigenvalue weighted by Gasteiger charge is -2.07. The maximum absolute atomic E-state index is 12.1. The van der Waals surface area contributed by atoms with Crippen LogP contribution in [0, 0.1) is 6.92 Å². The summed E-state index contributed by atoms with van der Waals surface area (Å²) in [6.07, 6.45) is 2.76. The zero-order valence-electron chi connectivity index (χ0n) is 11.8. The number of nitrogens with one attached hydrogen (secondary N) is 2. The van der Waals surface area contributed by atoms with Crippen molar-refractivity contribution < 1.29 is 4.79 Å². The first-order valence-corrected chi connectivity index (χ1v) is 6.77. The fourth-order valence-electron chi connectivity index (χ4n) is 1.84. The Labute approximate surface area is 119 Å². The molecule has 0 spiro atoms. The van der Waals surface area contributed by atoms with Gasteiger partial charge in [0.2, 0.25) is 0 Å². The van der Waals surface area contributed by atoms with Crippen molar-refractivity contribution in [3.05, 3.63) is 53.9 Å². The third-order valence-electron chi connectivity index (χ3n) is 2.88. The van der Waals surface area contributed by atoms with E-state index in [0.717, 1.165) is 30.0 Å². The van der Waals surface area contributed by atoms with Crippen molar-refractivity contribution in [2.45, 2.75) is 20.3 Å². The maximum atomic E-state index is 12.1. The highest BCUT2D eigenvalue weighted by Gasteiger charge is 2.06. The summed E-state index contributed by atoms with van der Waals surface area (Å²) in [6.45, 7) is 4.94. The summed E-state index contributed by atoms with van der Waals surface area (Å²) >= 11 is 0. The topological polar surface area (TPSA) is 54.0 Å². The van der Waals surface area contributed by atoms with Crippen LogP contribution in [0.1, 0.15) is 29.4 Å². The number of carbonyl (C=O) groups excluding carboxylic acids is 1. The van der Waals surface area contributed by atoms with E-state index in [-0.39, 0.29) is 5.91 Å². The SMILES string of the molecule is CCCNc1ccc(C(=O)Nc2ccnc(C)c2)cc1. The molecule has 0 aliphatic rings. The van der Waals surface area contributed by atoms with Crippen LogP contribution < -0.4 is 10.6 Å². The molecule has 2 N–H and O–H groups in total. The molecule has 0 saturated carbocycles. The molecule has 1 heterocycles. The molecule has 0 atom stereocenters. The summed E-state index contributed by atoms with van der Waals surface area (Å²) in [6, 6.07) is 11.1. The van der Waals surface area contributed by atoms with Crippen LogP contribution in [0.25, 0.3) is 0 Å². The quantitative estimate of drug-likeness (QED) is 0.874. The van der Waals surface area contributed by atoms with Crippen LogP contribution in [0.4, 0.5) is 11.4 Å². The number of pyridine rings is 1. The zero-order valence-corrected chi connectivity index (χ0v) is 11.8. The standard InChI is InChI=1S/C16H19N3O/c1-3-9-18-14-6-4-13(5-7-14)16(20)19-15-8-10-17-12(2)11-15/h4-8,10-11,18H,3,9H2,1-2H3,(H,17,19,20). The molecule has 1 amide bonds. The Morgan fingerprint density at radius 1 is 1.15 bits per heavy atom. The number of hydrogen-bond donors (Lipinski definition) is 2. The summed E-state index contributed by atoms with van der Waals surface area (Å²) < 4.78 is 0. The highest BCUT2D eigenvalue weighted by molar-refractivity contribution is 6.04. The number of carbonyl (C=O) groups is 1. The molecule has 4 nitrogen and oxygen atoms in total. The predicted octanol–water partition coefficient (Wildman–Crippen LogP) is 3.46. The second-order valence-corrected chi connectivity index (χ2v) is 4.64. The fourth-order valence-corrected chi connectivity index (χ4v) is 1.84. The summed E-state index contributed by atoms with van der Waals surface area (Å²) in [7, 11) is 0. The molecule has 2 rings (SSSR count). The Morgan fingerprint density at radius 3 is 2.55 bits per heavy atom. The molecule has 0 bridgehead atoms. The van der Waals surface area contributed by atoms with Gasteiger partial charge in [0.15, 0.2) is 0 Å². The van der Waals surface area contributed by atoms with E-state index in [1.165, 1.54) is 0 Å². The number of amides is 1. The Morgan fingerprint density at radius 2 is 1.90 bits per heavy atom. The number of anilines is 2. The molecule has 0 aliphatic carbocycles. The van der Waals surface area contributed by atoms with Gasteiger partial charge >= 0.3 is 0 Å². The smallest absolute Gasteiger partial charge is 0.255 e. The third kappa shape index (κ3) is 3.82. The fraction of sp³-hybridized carbons (Fsp3) is 0.250. The van der Waals surface area contributed by atoms with E-state index in [9.17, 15) is 4.79 Å². The molecule has 0 aliphatic heterocycles. The molecule has 0 radical (unpaired) electrons. The third-order valence-corrected chi connectivity index (χ3v) is 2.88. The zero-order chi connectivity index (χ0) is 14.4. The van der Waals surface area contributed by atoms with Crippen LogP contribution in [-0.4, -0.2) is 17.4 Å². The van der Waals surface area contributed by atoms with Crippen molar-refractivity contribution in [1.82, 2.24) is 4.98 Å². The van der Waals surface area contributed by atoms with Gasteiger partial charge in [0.25, 0.3) is 5.91 Å². The highest BCUT2D eigenvalue weighted by atomic mass is 16.1. The van der Waals surface area contributed by atoms with Crippen molar-refractivity contribution >= 4 is 17.3 Å². The number of benzene rings is 1. The second kappa shape index (κ2) is 6.70. The minimum atomic E-state index is -0.113. The highest BCUT2D eigenvalue weighted by Crippen LogP contribution is 2.13. The number of rotatable bonds is 5. The molecule has 4 heteroatoms. The monoisotopic (exact) mass is 269 g/mol. The van der Waals surface area contributed by atoms with Gasteiger partial charge in [0.05, 0.1) is 0 Å². The van der Waals surface area contributed by atoms with Crippen LogP contribution >= 0.6 is 0 Å². The number of aromatic nitrogens is 1. The first-order valence-electron chi connectivity index (χ1n) is 6.77. The molecule has 20 heavy (non-hydrogen) atoms. The molecule has 104 valence electrons. The molecular weight excluding hydrogens is 250 g/mol. The van der Waals surface area contributed by atoms with E-state index < -0.39 is 0 Å². The largest absolute Gasteiger partial charge is 0.385 e. The number of nitrogens with zero attached hydrogens (tertiary/aromatic N) is 1. The van der Waals surface area contributed by atoms with Crippen LogP contribution in [-0.2, 0) is 0 Å². The van der Waals surface area contributed by atoms with Crippen molar-refractivity contribution in [2.24, 2.45) is 0 Å². The van der Waals surface area contributed by atoms with Gasteiger partial charge < -0.3 is 10.6 Å². The van der Waals surface area contributed by atoms with Gasteiger partial charge in [-0.15, -0.1) is 0 Å². The Hall–Kier alpha value is -2.36. The Bertz CT molecular complexity index is 579. The van der Waals surface area contributed by atoms with Gasteiger partial charge in [-0.3, -0.25) is 9.78 Å². The van der Waals surface area contributed by atoms with Crippen LogP contribution in [0.2, 0.25) is 0 Å². The molecule has 0 unspecified atom stereocenters. The van der Waals surface area contributed by atoms with Gasteiger partial charge in [-0.1, -0.05) is 6.92 Å². The van der Waals surface area contributed by atoms with Crippen LogP contribution in [0.3, 0.4) is 0 Å². The first-order chi connectivity index (χ1) is 9.69. The molecule has 0 fully saturated rings. The van der Waals surface area contributed by atoms with E-state index in [1.54, 1.807) is 12.3 Å². The van der Waals surface area contributed by atoms with Crippen LogP contribution in [0.5, 0.6) is 0 Å². The van der Waals surface area contributed by atoms with E-state index in [1.807, 2.05) is 37.3 Å². The molecule has 1 aromatic carbocycles. The van der Waals surface area contributed by atoms with Gasteiger partial charge in [-0.25, -0.2) is 0 Å². The van der Waals surface area contributed by atoms with Crippen molar-refractivity contribution in [3.8, 4) is 0 Å². The predicted molar refractivity (Wildman–Crippen MR) is 82.1 cm³/mol. The Balaban J connectivity index is 2.02. The van der Waals surface area contributed by atoms with Gasteiger partial charge in [-0.05, 0) is 49.7 Å². The average molecular weight is 269 g/mol. The maximum Gasteiger partial charge on any atom is 0.255 e. The van der Waals surface area contributed by atoms with Crippen molar-refractivity contribution in [2.75, 3.05) is 17.2 Å². The molecule has 0 saturated heterocycles. The van der Waals surface area contributed by atoms with Gasteiger partial charge in [-0.2, -0.15) is 0 Å². The summed E-state index contributed by atoms with van der Waals surface area (Å²) in [5.74, 6) is -0.113. The molecule has 1 aromatic heterocycles. The van der Waals surface area contributed by atoms with Crippen molar-refractivity contribution in [1.29, 1.82) is 0 Å².